The van der Waals surface area contributed by atoms with E-state index in [-0.39, 0.29) is 17.8 Å². The summed E-state index contributed by atoms with van der Waals surface area (Å²) in [5, 5.41) is 3.35. The molecule has 0 heterocycles. The molecular formula is C17H27FN2O. The van der Waals surface area contributed by atoms with Crippen LogP contribution in [-0.2, 0) is 11.2 Å². The van der Waals surface area contributed by atoms with E-state index in [0.717, 1.165) is 25.1 Å². The van der Waals surface area contributed by atoms with E-state index in [9.17, 15) is 9.18 Å². The maximum Gasteiger partial charge on any atom is 0.236 e. The molecule has 0 aliphatic carbocycles. The zero-order chi connectivity index (χ0) is 15.8. The molecule has 0 aliphatic heterocycles. The highest BCUT2D eigenvalue weighted by molar-refractivity contribution is 5.78. The normalized spacial score (nSPS) is 12.5. The van der Waals surface area contributed by atoms with Gasteiger partial charge in [-0.3, -0.25) is 4.79 Å². The molecule has 0 saturated heterocycles. The summed E-state index contributed by atoms with van der Waals surface area (Å²) >= 11 is 0. The molecule has 0 fully saturated rings. The molecule has 0 radical (unpaired) electrons. The van der Waals surface area contributed by atoms with Gasteiger partial charge in [0.2, 0.25) is 5.91 Å². The van der Waals surface area contributed by atoms with E-state index >= 15 is 0 Å². The molecule has 0 saturated carbocycles. The van der Waals surface area contributed by atoms with E-state index in [1.54, 1.807) is 12.1 Å². The predicted octanol–water partition coefficient (Wildman–Crippen LogP) is 2.85. The third-order valence-corrected chi connectivity index (χ3v) is 3.81. The summed E-state index contributed by atoms with van der Waals surface area (Å²) in [5.41, 5.74) is 1.08. The van der Waals surface area contributed by atoms with Crippen LogP contribution in [0.4, 0.5) is 4.39 Å². The summed E-state index contributed by atoms with van der Waals surface area (Å²) in [6.45, 7) is 10.1. The third kappa shape index (κ3) is 5.84. The van der Waals surface area contributed by atoms with Crippen LogP contribution in [-0.4, -0.2) is 36.5 Å². The van der Waals surface area contributed by atoms with Gasteiger partial charge in [-0.25, -0.2) is 4.39 Å². The quantitative estimate of drug-likeness (QED) is 0.799. The molecule has 1 N–H and O–H groups in total. The maximum atomic E-state index is 12.9. The summed E-state index contributed by atoms with van der Waals surface area (Å²) in [6, 6.07) is 6.77. The van der Waals surface area contributed by atoms with Gasteiger partial charge in [0.1, 0.15) is 5.82 Å². The number of likely N-dealkylation sites (N-methyl/N-ethyl adjacent to an activating group) is 1. The Balaban J connectivity index is 2.58. The summed E-state index contributed by atoms with van der Waals surface area (Å²) in [6.07, 6.45) is 0.795. The number of halogens is 1. The van der Waals surface area contributed by atoms with Crippen molar-refractivity contribution in [3.8, 4) is 0 Å². The van der Waals surface area contributed by atoms with Gasteiger partial charge in [-0.05, 0) is 43.9 Å². The topological polar surface area (TPSA) is 32.3 Å². The van der Waals surface area contributed by atoms with E-state index in [4.69, 9.17) is 0 Å². The number of nitrogens with one attached hydrogen (secondary N) is 1. The van der Waals surface area contributed by atoms with E-state index in [0.29, 0.717) is 12.5 Å². The van der Waals surface area contributed by atoms with Crippen molar-refractivity contribution in [2.45, 2.75) is 40.2 Å². The Bertz CT molecular complexity index is 427. The Labute approximate surface area is 127 Å². The second-order valence-electron chi connectivity index (χ2n) is 5.63. The van der Waals surface area contributed by atoms with Gasteiger partial charge in [-0.1, -0.05) is 26.0 Å². The Morgan fingerprint density at radius 2 is 1.76 bits per heavy atom. The monoisotopic (exact) mass is 294 g/mol. The molecule has 0 aromatic heterocycles. The minimum Gasteiger partial charge on any atom is -0.342 e. The molecule has 1 aromatic rings. The number of benzene rings is 1. The lowest BCUT2D eigenvalue weighted by Crippen LogP contribution is -2.44. The van der Waals surface area contributed by atoms with Crippen LogP contribution in [0.1, 0.15) is 33.3 Å². The second-order valence-corrected chi connectivity index (χ2v) is 5.63. The summed E-state index contributed by atoms with van der Waals surface area (Å²) in [5.74, 6) is 0.314. The molecule has 1 atom stereocenters. The number of hydrogen-bond donors (Lipinski definition) is 1. The van der Waals surface area contributed by atoms with Gasteiger partial charge in [-0.2, -0.15) is 0 Å². The Hall–Kier alpha value is -1.42. The van der Waals surface area contributed by atoms with Crippen LogP contribution in [0.25, 0.3) is 0 Å². The molecule has 1 amide bonds. The van der Waals surface area contributed by atoms with Crippen molar-refractivity contribution in [3.63, 3.8) is 0 Å². The number of amides is 1. The zero-order valence-corrected chi connectivity index (χ0v) is 13.5. The van der Waals surface area contributed by atoms with Crippen LogP contribution >= 0.6 is 0 Å². The van der Waals surface area contributed by atoms with Gasteiger partial charge in [0.25, 0.3) is 0 Å². The third-order valence-electron chi connectivity index (χ3n) is 3.81. The van der Waals surface area contributed by atoms with Gasteiger partial charge in [0.15, 0.2) is 0 Å². The summed E-state index contributed by atoms with van der Waals surface area (Å²) in [4.78, 5) is 13.9. The average Bonchev–Trinajstić information content (AvgIpc) is 2.46. The van der Waals surface area contributed by atoms with Crippen molar-refractivity contribution in [1.29, 1.82) is 0 Å². The maximum absolute atomic E-state index is 12.9. The summed E-state index contributed by atoms with van der Waals surface area (Å²) < 4.78 is 12.9. The van der Waals surface area contributed by atoms with Gasteiger partial charge in [0.05, 0.1) is 6.54 Å². The van der Waals surface area contributed by atoms with Crippen molar-refractivity contribution in [2.24, 2.45) is 5.92 Å². The lowest BCUT2D eigenvalue weighted by Gasteiger charge is -2.25. The standard InChI is InChI=1S/C17H27FN2O/c1-5-20(6-2)17(21)12-19-16(13(3)4)11-14-7-9-15(18)10-8-14/h7-10,13,16,19H,5-6,11-12H2,1-4H3. The molecule has 118 valence electrons. The van der Waals surface area contributed by atoms with Gasteiger partial charge in [0, 0.05) is 19.1 Å². The minimum absolute atomic E-state index is 0.129. The van der Waals surface area contributed by atoms with Crippen LogP contribution in [0.3, 0.4) is 0 Å². The molecule has 0 spiro atoms. The first kappa shape index (κ1) is 17.6. The molecular weight excluding hydrogens is 267 g/mol. The van der Waals surface area contributed by atoms with Crippen molar-refractivity contribution < 1.29 is 9.18 Å². The van der Waals surface area contributed by atoms with Gasteiger partial charge >= 0.3 is 0 Å². The number of carbonyl (C=O) groups excluding carboxylic acids is 1. The minimum atomic E-state index is -0.218. The lowest BCUT2D eigenvalue weighted by molar-refractivity contribution is -0.130. The van der Waals surface area contributed by atoms with Crippen LogP contribution in [0.5, 0.6) is 0 Å². The molecule has 0 aliphatic rings. The average molecular weight is 294 g/mol. The van der Waals surface area contributed by atoms with Crippen molar-refractivity contribution in [1.82, 2.24) is 10.2 Å². The van der Waals surface area contributed by atoms with Crippen LogP contribution in [0.15, 0.2) is 24.3 Å². The second kappa shape index (κ2) is 8.78. The van der Waals surface area contributed by atoms with Gasteiger partial charge in [-0.15, -0.1) is 0 Å². The highest BCUT2D eigenvalue weighted by Gasteiger charge is 2.17. The highest BCUT2D eigenvalue weighted by atomic mass is 19.1. The summed E-state index contributed by atoms with van der Waals surface area (Å²) in [7, 11) is 0. The molecule has 0 bridgehead atoms. The van der Waals surface area contributed by atoms with E-state index < -0.39 is 0 Å². The van der Waals surface area contributed by atoms with E-state index in [1.807, 2.05) is 18.7 Å². The fraction of sp³-hybridized carbons (Fsp3) is 0.588. The van der Waals surface area contributed by atoms with E-state index in [2.05, 4.69) is 19.2 Å². The first-order valence-corrected chi connectivity index (χ1v) is 7.73. The first-order valence-electron chi connectivity index (χ1n) is 7.73. The largest absolute Gasteiger partial charge is 0.342 e. The Morgan fingerprint density at radius 1 is 1.19 bits per heavy atom. The van der Waals surface area contributed by atoms with E-state index in [1.165, 1.54) is 12.1 Å². The molecule has 1 rings (SSSR count). The van der Waals surface area contributed by atoms with Crippen molar-refractivity contribution in [3.05, 3.63) is 35.6 Å². The van der Waals surface area contributed by atoms with Crippen LogP contribution in [0.2, 0.25) is 0 Å². The fourth-order valence-electron chi connectivity index (χ4n) is 2.32. The smallest absolute Gasteiger partial charge is 0.236 e. The molecule has 1 unspecified atom stereocenters. The van der Waals surface area contributed by atoms with Crippen molar-refractivity contribution in [2.75, 3.05) is 19.6 Å². The fourth-order valence-corrected chi connectivity index (χ4v) is 2.32. The Kier molecular flexibility index (Phi) is 7.37. The van der Waals surface area contributed by atoms with Crippen LogP contribution in [0, 0.1) is 11.7 Å². The predicted molar refractivity (Wildman–Crippen MR) is 84.7 cm³/mol. The number of hydrogen-bond acceptors (Lipinski definition) is 2. The Morgan fingerprint density at radius 3 is 2.24 bits per heavy atom. The molecule has 1 aromatic carbocycles. The number of rotatable bonds is 8. The zero-order valence-electron chi connectivity index (χ0n) is 13.5. The van der Waals surface area contributed by atoms with Crippen LogP contribution < -0.4 is 5.32 Å². The SMILES string of the molecule is CCN(CC)C(=O)CNC(Cc1ccc(F)cc1)C(C)C. The van der Waals surface area contributed by atoms with Crippen molar-refractivity contribution >= 4 is 5.91 Å². The molecule has 3 nitrogen and oxygen atoms in total. The molecule has 4 heteroatoms. The first-order chi connectivity index (χ1) is 9.97. The number of carbonyl (C=O) groups is 1. The lowest BCUT2D eigenvalue weighted by atomic mass is 9.96. The molecule has 21 heavy (non-hydrogen) atoms. The number of nitrogens with zero attached hydrogens (tertiary/aromatic N) is 1. The van der Waals surface area contributed by atoms with Gasteiger partial charge < -0.3 is 10.2 Å². The highest BCUT2D eigenvalue weighted by Crippen LogP contribution is 2.11.